The number of sulfonamides is 1. The van der Waals surface area contributed by atoms with Crippen molar-refractivity contribution in [2.24, 2.45) is 11.8 Å². The first-order valence-electron chi connectivity index (χ1n) is 19.9. The summed E-state index contributed by atoms with van der Waals surface area (Å²) >= 11 is 0. The van der Waals surface area contributed by atoms with Crippen molar-refractivity contribution in [1.82, 2.24) is 35.1 Å². The fraction of sp³-hybridized carbons (Fsp3) is 0.641. The Morgan fingerprint density at radius 1 is 0.964 bits per heavy atom. The summed E-state index contributed by atoms with van der Waals surface area (Å²) in [5.41, 5.74) is 0.552. The predicted molar refractivity (Wildman–Crippen MR) is 201 cm³/mol. The van der Waals surface area contributed by atoms with E-state index in [-0.39, 0.29) is 37.4 Å². The third kappa shape index (κ3) is 7.89. The summed E-state index contributed by atoms with van der Waals surface area (Å²) in [6.07, 6.45) is 9.22. The normalized spacial score (nSPS) is 30.7. The van der Waals surface area contributed by atoms with Crippen molar-refractivity contribution in [1.29, 1.82) is 0 Å². The average Bonchev–Trinajstić information content (AvgIpc) is 3.94. The molecule has 15 nitrogen and oxygen atoms in total. The van der Waals surface area contributed by atoms with Crippen molar-refractivity contribution in [3.8, 4) is 5.88 Å². The fourth-order valence-corrected chi connectivity index (χ4v) is 10.1. The Labute approximate surface area is 321 Å². The van der Waals surface area contributed by atoms with Crippen LogP contribution in [-0.2, 0) is 35.6 Å². The summed E-state index contributed by atoms with van der Waals surface area (Å²) in [7, 11) is -3.89. The van der Waals surface area contributed by atoms with E-state index in [1.165, 1.54) is 11.0 Å². The van der Waals surface area contributed by atoms with E-state index in [9.17, 15) is 27.6 Å². The molecular weight excluding hydrogens is 727 g/mol. The van der Waals surface area contributed by atoms with Crippen molar-refractivity contribution in [2.45, 2.75) is 119 Å². The van der Waals surface area contributed by atoms with Gasteiger partial charge in [0, 0.05) is 32.0 Å². The number of para-hydroxylation sites is 2. The van der Waals surface area contributed by atoms with Crippen molar-refractivity contribution in [3.63, 3.8) is 0 Å². The van der Waals surface area contributed by atoms with E-state index in [4.69, 9.17) is 19.4 Å². The molecule has 3 N–H and O–H groups in total. The van der Waals surface area contributed by atoms with Gasteiger partial charge in [-0.3, -0.25) is 19.1 Å². The van der Waals surface area contributed by atoms with Crippen molar-refractivity contribution < 1.29 is 37.1 Å². The highest BCUT2D eigenvalue weighted by Crippen LogP contribution is 2.45. The number of aromatic nitrogens is 2. The lowest BCUT2D eigenvalue weighted by molar-refractivity contribution is -0.142. The summed E-state index contributed by atoms with van der Waals surface area (Å²) < 4.78 is 40.5. The van der Waals surface area contributed by atoms with Crippen LogP contribution in [0.15, 0.2) is 36.9 Å². The predicted octanol–water partition coefficient (Wildman–Crippen LogP) is 2.73. The zero-order chi connectivity index (χ0) is 38.3. The van der Waals surface area contributed by atoms with E-state index in [1.807, 2.05) is 24.3 Å². The van der Waals surface area contributed by atoms with Crippen LogP contribution in [0, 0.1) is 11.8 Å². The van der Waals surface area contributed by atoms with Crippen LogP contribution in [0.4, 0.5) is 4.79 Å². The smallest absolute Gasteiger partial charge is 0.318 e. The first-order chi connectivity index (χ1) is 26.5. The van der Waals surface area contributed by atoms with E-state index in [2.05, 4.69) is 21.9 Å². The number of nitrogens with zero attached hydrogens (tertiary/aromatic N) is 4. The third-order valence-electron chi connectivity index (χ3n) is 12.2. The van der Waals surface area contributed by atoms with E-state index in [0.29, 0.717) is 62.5 Å². The monoisotopic (exact) mass is 777 g/mol. The summed E-state index contributed by atoms with van der Waals surface area (Å²) in [6, 6.07) is 5.24. The van der Waals surface area contributed by atoms with Gasteiger partial charge in [0.15, 0.2) is 0 Å². The maximum Gasteiger partial charge on any atom is 0.318 e. The van der Waals surface area contributed by atoms with Gasteiger partial charge in [0.2, 0.25) is 27.7 Å². The number of fused-ring (bicyclic) bond motifs is 6. The van der Waals surface area contributed by atoms with Crippen LogP contribution in [0.1, 0.15) is 82.7 Å². The number of ether oxygens (including phenoxy) is 2. The number of amides is 5. The second-order valence-electron chi connectivity index (χ2n) is 16.1. The van der Waals surface area contributed by atoms with Crippen molar-refractivity contribution in [3.05, 3.63) is 42.6 Å². The lowest BCUT2D eigenvalue weighted by atomic mass is 9.96. The van der Waals surface area contributed by atoms with Gasteiger partial charge in [0.1, 0.15) is 29.4 Å². The van der Waals surface area contributed by atoms with Gasteiger partial charge in [-0.1, -0.05) is 37.5 Å². The lowest BCUT2D eigenvalue weighted by Gasteiger charge is -2.33. The van der Waals surface area contributed by atoms with Crippen LogP contribution in [0.3, 0.4) is 0 Å². The second-order valence-corrected chi connectivity index (χ2v) is 18.1. The molecule has 55 heavy (non-hydrogen) atoms. The Balaban J connectivity index is 1.11. The van der Waals surface area contributed by atoms with Gasteiger partial charge in [0.05, 0.1) is 28.9 Å². The molecule has 4 heterocycles. The Morgan fingerprint density at radius 2 is 1.73 bits per heavy atom. The highest BCUT2D eigenvalue weighted by atomic mass is 32.2. The van der Waals surface area contributed by atoms with Gasteiger partial charge in [0.25, 0.3) is 5.91 Å². The first kappa shape index (κ1) is 37.6. The summed E-state index contributed by atoms with van der Waals surface area (Å²) in [4.78, 5) is 69.6. The van der Waals surface area contributed by atoms with Crippen LogP contribution in [0.5, 0.6) is 5.88 Å². The minimum atomic E-state index is -3.89. The van der Waals surface area contributed by atoms with E-state index >= 15 is 0 Å². The standard InChI is InChI=1S/C39H51N7O8S/c1-2-25-21-39(25,37(49)44-55(51,52)28-15-16-28)43-34(47)32-20-27-23-46(32)36(48)33(24-10-5-6-11-24)42-38(50)45-18-17-26(22-45)53-19-9-3-4-14-31-35(54-27)41-30-13-8-7-12-29(30)40-31/h2,7-8,12-13,24-28,32-33H,1,3-6,9-11,14-23H2,(H,42,50)(H,43,47)(H,44,49)/t25?,26-,27+,32-,33-,39+/m0/s1. The molecular formula is C39H51N7O8S. The van der Waals surface area contributed by atoms with Gasteiger partial charge in [-0.05, 0) is 75.8 Å². The van der Waals surface area contributed by atoms with Gasteiger partial charge in [-0.25, -0.2) is 23.2 Å². The van der Waals surface area contributed by atoms with Crippen molar-refractivity contribution in [2.75, 3.05) is 26.2 Å². The molecule has 5 fully saturated rings. The fourth-order valence-electron chi connectivity index (χ4n) is 8.77. The molecule has 5 amide bonds. The highest BCUT2D eigenvalue weighted by molar-refractivity contribution is 7.91. The Morgan fingerprint density at radius 3 is 2.45 bits per heavy atom. The van der Waals surface area contributed by atoms with Crippen molar-refractivity contribution >= 4 is 44.8 Å². The topological polar surface area (TPSA) is 189 Å². The average molecular weight is 778 g/mol. The Bertz CT molecular complexity index is 1950. The third-order valence-corrected chi connectivity index (χ3v) is 14.1. The van der Waals surface area contributed by atoms with Gasteiger partial charge < -0.3 is 29.9 Å². The first-order valence-corrected chi connectivity index (χ1v) is 21.5. The molecule has 3 aliphatic carbocycles. The number of hydrogen-bond acceptors (Lipinski definition) is 10. The second kappa shape index (κ2) is 15.3. The summed E-state index contributed by atoms with van der Waals surface area (Å²) in [5, 5.41) is 5.30. The lowest BCUT2D eigenvalue weighted by Crippen LogP contribution is -2.59. The number of hydrogen-bond donors (Lipinski definition) is 3. The summed E-state index contributed by atoms with van der Waals surface area (Å²) in [6.45, 7) is 5.38. The van der Waals surface area contributed by atoms with Gasteiger partial charge in [-0.2, -0.15) is 0 Å². The van der Waals surface area contributed by atoms with E-state index in [1.54, 1.807) is 4.90 Å². The minimum absolute atomic E-state index is 0.0315. The minimum Gasteiger partial charge on any atom is -0.471 e. The zero-order valence-corrected chi connectivity index (χ0v) is 31.9. The largest absolute Gasteiger partial charge is 0.471 e. The zero-order valence-electron chi connectivity index (χ0n) is 31.1. The number of aryl methyl sites for hydroxylation is 1. The SMILES string of the molecule is C=CC1C[C@]1(NC(=O)[C@@H]1C[C@@H]2CN1C(=O)[C@H](C1CCCC1)NC(=O)N1CC[C@@H](C1)OCCCCCc1nc3ccccc3nc1O2)C(=O)NS(=O)(=O)C1CC1. The Hall–Kier alpha value is -4.31. The molecule has 2 aromatic rings. The molecule has 16 heteroatoms. The molecule has 6 atom stereocenters. The molecule has 2 saturated heterocycles. The number of urea groups is 1. The molecule has 1 aromatic heterocycles. The maximum absolute atomic E-state index is 14.8. The van der Waals surface area contributed by atoms with Crippen LogP contribution < -0.4 is 20.1 Å². The molecule has 0 spiro atoms. The summed E-state index contributed by atoms with van der Waals surface area (Å²) in [5.74, 6) is -2.09. The number of nitrogens with one attached hydrogen (secondary N) is 3. The van der Waals surface area contributed by atoms with Crippen LogP contribution in [0.25, 0.3) is 11.0 Å². The van der Waals surface area contributed by atoms with Crippen LogP contribution in [0.2, 0.25) is 0 Å². The number of carbonyl (C=O) groups excluding carboxylic acids is 4. The number of rotatable bonds is 7. The van der Waals surface area contributed by atoms with E-state index in [0.717, 1.165) is 50.5 Å². The highest BCUT2D eigenvalue weighted by Gasteiger charge is 2.62. The molecule has 4 bridgehead atoms. The molecule has 8 rings (SSSR count). The molecule has 6 aliphatic rings. The maximum atomic E-state index is 14.8. The Kier molecular flexibility index (Phi) is 10.5. The van der Waals surface area contributed by atoms with Gasteiger partial charge in [-0.15, -0.1) is 6.58 Å². The molecule has 1 unspecified atom stereocenters. The number of benzene rings is 1. The quantitative estimate of drug-likeness (QED) is 0.353. The van der Waals surface area contributed by atoms with Crippen LogP contribution >= 0.6 is 0 Å². The number of carbonyl (C=O) groups is 4. The van der Waals surface area contributed by atoms with E-state index < -0.39 is 62.6 Å². The van der Waals surface area contributed by atoms with Gasteiger partial charge >= 0.3 is 6.03 Å². The molecule has 3 aliphatic heterocycles. The van der Waals surface area contributed by atoms with Crippen LogP contribution in [-0.4, -0.2) is 113 Å². The molecule has 296 valence electrons. The molecule has 3 saturated carbocycles. The molecule has 1 aromatic carbocycles. The molecule has 0 radical (unpaired) electrons.